The highest BCUT2D eigenvalue weighted by molar-refractivity contribution is 9.10. The largest absolute Gasteiger partial charge is 0.496 e. The van der Waals surface area contributed by atoms with Crippen molar-refractivity contribution in [2.45, 2.75) is 84.2 Å². The molecule has 0 spiro atoms. The summed E-state index contributed by atoms with van der Waals surface area (Å²) < 4.78 is 8.06. The Morgan fingerprint density at radius 2 is 1.27 bits per heavy atom. The summed E-state index contributed by atoms with van der Waals surface area (Å²) in [5.74, 6) is 0.946. The zero-order chi connectivity index (χ0) is 21.7. The molecule has 2 aromatic rings. The van der Waals surface area contributed by atoms with Crippen LogP contribution in [-0.2, 0) is 0 Å². The lowest BCUT2D eigenvalue weighted by molar-refractivity contribution is 0.412. The van der Waals surface area contributed by atoms with E-state index in [1.807, 2.05) is 0 Å². The summed E-state index contributed by atoms with van der Waals surface area (Å²) >= 11 is 7.67. The van der Waals surface area contributed by atoms with Crippen molar-refractivity contribution < 1.29 is 4.74 Å². The summed E-state index contributed by atoms with van der Waals surface area (Å²) in [5.41, 5.74) is 4.22. The molecule has 0 amide bonds. The van der Waals surface area contributed by atoms with E-state index in [2.05, 4.69) is 76.9 Å². The number of hydrogen-bond acceptors (Lipinski definition) is 1. The highest BCUT2D eigenvalue weighted by Crippen LogP contribution is 2.40. The molecule has 1 nitrogen and oxygen atoms in total. The van der Waals surface area contributed by atoms with Crippen molar-refractivity contribution in [3.05, 3.63) is 38.8 Å². The average Bonchev–Trinajstić information content (AvgIpc) is 2.97. The van der Waals surface area contributed by atoms with Crippen molar-refractivity contribution in [1.29, 1.82) is 0 Å². The number of methoxy groups -OCH3 is 1. The van der Waals surface area contributed by atoms with Gasteiger partial charge in [-0.25, -0.2) is 0 Å². The Kier molecular flexibility index (Phi) is 8.69. The number of fused-ring (bicyclic) bond motifs is 3. The van der Waals surface area contributed by atoms with E-state index in [-0.39, 0.29) is 0 Å². The first-order valence-corrected chi connectivity index (χ1v) is 15.7. The molecule has 164 valence electrons. The van der Waals surface area contributed by atoms with E-state index in [1.165, 1.54) is 84.6 Å². The predicted molar refractivity (Wildman–Crippen MR) is 141 cm³/mol. The fourth-order valence-corrected chi connectivity index (χ4v) is 12.0. The monoisotopic (exact) mass is 550 g/mol. The standard InChI is InChI=1S/C26H36Br2OSi/c1-5-7-9-11-13-30(14-12-10-8-6-2)25-17-22(27)19(3)15-20(25)21-16-24(29-4)23(28)18-26(21)30/h15-18H,5-14H2,1-4H3. The summed E-state index contributed by atoms with van der Waals surface area (Å²) in [5, 5.41) is 3.29. The van der Waals surface area contributed by atoms with Crippen LogP contribution in [0.25, 0.3) is 11.1 Å². The number of unbranched alkanes of at least 4 members (excludes halogenated alkanes) is 6. The van der Waals surface area contributed by atoms with Gasteiger partial charge in [-0.05, 0) is 80.2 Å². The summed E-state index contributed by atoms with van der Waals surface area (Å²) in [6, 6.07) is 12.3. The first-order valence-electron chi connectivity index (χ1n) is 11.7. The molecule has 0 fully saturated rings. The van der Waals surface area contributed by atoms with Crippen LogP contribution >= 0.6 is 31.9 Å². The van der Waals surface area contributed by atoms with Gasteiger partial charge in [-0.1, -0.05) is 87.2 Å². The lowest BCUT2D eigenvalue weighted by atomic mass is 10.0. The van der Waals surface area contributed by atoms with Crippen LogP contribution in [0.3, 0.4) is 0 Å². The van der Waals surface area contributed by atoms with Crippen molar-refractivity contribution in [3.63, 3.8) is 0 Å². The second kappa shape index (κ2) is 10.8. The topological polar surface area (TPSA) is 9.23 Å². The van der Waals surface area contributed by atoms with E-state index in [1.54, 1.807) is 17.5 Å². The maximum atomic E-state index is 5.69. The van der Waals surface area contributed by atoms with E-state index < -0.39 is 8.07 Å². The number of benzene rings is 2. The molecule has 4 heteroatoms. The number of halogens is 2. The molecular formula is C26H36Br2OSi. The van der Waals surface area contributed by atoms with Crippen LogP contribution in [0.15, 0.2) is 33.2 Å². The molecule has 0 unspecified atom stereocenters. The highest BCUT2D eigenvalue weighted by atomic mass is 79.9. The van der Waals surface area contributed by atoms with E-state index >= 15 is 0 Å². The average molecular weight is 552 g/mol. The molecule has 1 heterocycles. The molecule has 0 saturated carbocycles. The van der Waals surface area contributed by atoms with Gasteiger partial charge < -0.3 is 4.74 Å². The Hall–Kier alpha value is -0.583. The lowest BCUT2D eigenvalue weighted by Crippen LogP contribution is -2.55. The Morgan fingerprint density at radius 3 is 1.80 bits per heavy atom. The minimum Gasteiger partial charge on any atom is -0.496 e. The Balaban J connectivity index is 2.13. The van der Waals surface area contributed by atoms with Gasteiger partial charge in [0.2, 0.25) is 0 Å². The van der Waals surface area contributed by atoms with Gasteiger partial charge in [-0.2, -0.15) is 0 Å². The third-order valence-corrected chi connectivity index (χ3v) is 13.6. The fraction of sp³-hybridized carbons (Fsp3) is 0.538. The Morgan fingerprint density at radius 1 is 0.733 bits per heavy atom. The van der Waals surface area contributed by atoms with Crippen LogP contribution in [0.5, 0.6) is 5.75 Å². The van der Waals surface area contributed by atoms with Gasteiger partial charge in [0.05, 0.1) is 11.6 Å². The summed E-state index contributed by atoms with van der Waals surface area (Å²) in [4.78, 5) is 0. The maximum Gasteiger partial charge on any atom is 0.133 e. The first-order chi connectivity index (χ1) is 14.5. The van der Waals surface area contributed by atoms with Gasteiger partial charge in [0.25, 0.3) is 0 Å². The second-order valence-electron chi connectivity index (χ2n) is 8.88. The predicted octanol–water partition coefficient (Wildman–Crippen LogP) is 8.23. The molecule has 1 aliphatic rings. The zero-order valence-electron chi connectivity index (χ0n) is 19.0. The molecule has 30 heavy (non-hydrogen) atoms. The molecule has 1 aliphatic heterocycles. The molecule has 0 aromatic heterocycles. The molecule has 2 aromatic carbocycles. The molecule has 0 radical (unpaired) electrons. The minimum atomic E-state index is -1.81. The molecular weight excluding hydrogens is 516 g/mol. The van der Waals surface area contributed by atoms with Crippen LogP contribution < -0.4 is 15.1 Å². The van der Waals surface area contributed by atoms with Crippen molar-refractivity contribution in [2.75, 3.05) is 7.11 Å². The van der Waals surface area contributed by atoms with Crippen molar-refractivity contribution in [2.24, 2.45) is 0 Å². The van der Waals surface area contributed by atoms with Gasteiger partial charge in [0, 0.05) is 4.47 Å². The maximum absolute atomic E-state index is 5.69. The lowest BCUT2D eigenvalue weighted by Gasteiger charge is -2.31. The number of aryl methyl sites for hydroxylation is 1. The normalized spacial score (nSPS) is 13.9. The van der Waals surface area contributed by atoms with Gasteiger partial charge >= 0.3 is 0 Å². The van der Waals surface area contributed by atoms with Crippen LogP contribution in [-0.4, -0.2) is 15.2 Å². The molecule has 0 N–H and O–H groups in total. The van der Waals surface area contributed by atoms with Crippen LogP contribution in [0.2, 0.25) is 12.1 Å². The fourth-order valence-electron chi connectivity index (χ4n) is 5.14. The van der Waals surface area contributed by atoms with Crippen molar-refractivity contribution in [1.82, 2.24) is 0 Å². The van der Waals surface area contributed by atoms with Gasteiger partial charge in [0.15, 0.2) is 0 Å². The van der Waals surface area contributed by atoms with E-state index in [4.69, 9.17) is 4.74 Å². The SMILES string of the molecule is CCCCCC[Si]1(CCCCCC)c2cc(Br)c(C)cc2-c2cc(OC)c(Br)cc21. The van der Waals surface area contributed by atoms with E-state index in [0.29, 0.717) is 0 Å². The second-order valence-corrected chi connectivity index (χ2v) is 14.8. The van der Waals surface area contributed by atoms with Crippen LogP contribution in [0.1, 0.15) is 70.8 Å². The summed E-state index contributed by atoms with van der Waals surface area (Å²) in [6.07, 6.45) is 10.7. The van der Waals surface area contributed by atoms with Gasteiger partial charge in [0.1, 0.15) is 13.8 Å². The zero-order valence-corrected chi connectivity index (χ0v) is 23.2. The number of ether oxygens (including phenoxy) is 1. The quantitative estimate of drug-likeness (QED) is 0.202. The van der Waals surface area contributed by atoms with E-state index in [0.717, 1.165) is 10.2 Å². The Bertz CT molecular complexity index is 866. The van der Waals surface area contributed by atoms with Crippen molar-refractivity contribution >= 4 is 50.3 Å². The molecule has 0 bridgehead atoms. The van der Waals surface area contributed by atoms with Crippen molar-refractivity contribution in [3.8, 4) is 16.9 Å². The molecule has 0 atom stereocenters. The van der Waals surface area contributed by atoms with E-state index in [9.17, 15) is 0 Å². The summed E-state index contributed by atoms with van der Waals surface area (Å²) in [7, 11) is -0.0374. The smallest absolute Gasteiger partial charge is 0.133 e. The minimum absolute atomic E-state index is 0.946. The highest BCUT2D eigenvalue weighted by Gasteiger charge is 2.45. The van der Waals surface area contributed by atoms with Gasteiger partial charge in [-0.3, -0.25) is 0 Å². The summed E-state index contributed by atoms with van der Waals surface area (Å²) in [6.45, 7) is 6.83. The van der Waals surface area contributed by atoms with Crippen LogP contribution in [0, 0.1) is 6.92 Å². The first kappa shape index (κ1) is 24.1. The molecule has 0 saturated heterocycles. The third-order valence-electron chi connectivity index (χ3n) is 6.83. The van der Waals surface area contributed by atoms with Crippen LogP contribution in [0.4, 0.5) is 0 Å². The molecule has 3 rings (SSSR count). The number of hydrogen-bond donors (Lipinski definition) is 0. The molecule has 0 aliphatic carbocycles. The Labute approximate surface area is 201 Å². The third kappa shape index (κ3) is 4.76. The van der Waals surface area contributed by atoms with Gasteiger partial charge in [-0.15, -0.1) is 0 Å². The number of rotatable bonds is 11.